The van der Waals surface area contributed by atoms with Gasteiger partial charge in [-0.2, -0.15) is 0 Å². The Morgan fingerprint density at radius 1 is 0.769 bits per heavy atom. The van der Waals surface area contributed by atoms with Gasteiger partial charge in [-0.25, -0.2) is 19.2 Å². The summed E-state index contributed by atoms with van der Waals surface area (Å²) in [6.45, 7) is 11.6. The number of rotatable bonds is 10. The first-order chi connectivity index (χ1) is 12.2. The van der Waals surface area contributed by atoms with E-state index in [0.29, 0.717) is 25.4 Å². The first kappa shape index (κ1) is 27.9. The van der Waals surface area contributed by atoms with E-state index in [2.05, 4.69) is 22.6 Å². The third kappa shape index (κ3) is 32.9. The second-order valence-electron chi connectivity index (χ2n) is 4.46. The van der Waals surface area contributed by atoms with Gasteiger partial charge < -0.3 is 19.7 Å². The summed E-state index contributed by atoms with van der Waals surface area (Å²) in [4.78, 5) is 39.8. The van der Waals surface area contributed by atoms with Gasteiger partial charge in [-0.15, -0.1) is 0 Å². The smallest absolute Gasteiger partial charge is 0.330 e. The number of carboxylic acid groups (broad SMARTS) is 2. The Morgan fingerprint density at radius 2 is 1.08 bits per heavy atom. The third-order valence-electron chi connectivity index (χ3n) is 2.19. The molecule has 0 fully saturated rings. The van der Waals surface area contributed by atoms with Gasteiger partial charge >= 0.3 is 23.9 Å². The first-order valence-corrected chi connectivity index (χ1v) is 7.97. The van der Waals surface area contributed by atoms with Crippen molar-refractivity contribution < 1.29 is 38.9 Å². The van der Waals surface area contributed by atoms with Crippen molar-refractivity contribution in [2.75, 3.05) is 13.2 Å². The molecule has 2 N–H and O–H groups in total. The lowest BCUT2D eigenvalue weighted by atomic mass is 10.4. The molecule has 0 spiro atoms. The van der Waals surface area contributed by atoms with Crippen molar-refractivity contribution in [1.29, 1.82) is 0 Å². The van der Waals surface area contributed by atoms with E-state index in [-0.39, 0.29) is 11.9 Å². The van der Waals surface area contributed by atoms with Crippen molar-refractivity contribution in [2.45, 2.75) is 39.5 Å². The second kappa shape index (κ2) is 22.1. The van der Waals surface area contributed by atoms with Gasteiger partial charge in [0.15, 0.2) is 0 Å². The number of carbonyl (C=O) groups is 4. The van der Waals surface area contributed by atoms with Gasteiger partial charge in [0.05, 0.1) is 13.2 Å². The number of esters is 2. The fourth-order valence-corrected chi connectivity index (χ4v) is 0.895. The summed E-state index contributed by atoms with van der Waals surface area (Å²) in [5, 5.41) is 15.6. The molecule has 0 unspecified atom stereocenters. The van der Waals surface area contributed by atoms with Crippen LogP contribution in [0.25, 0.3) is 0 Å². The van der Waals surface area contributed by atoms with Gasteiger partial charge in [0.2, 0.25) is 0 Å². The fourth-order valence-electron chi connectivity index (χ4n) is 0.895. The van der Waals surface area contributed by atoms with E-state index in [4.69, 9.17) is 10.2 Å². The third-order valence-corrected chi connectivity index (χ3v) is 2.19. The molecule has 0 bridgehead atoms. The van der Waals surface area contributed by atoms with Crippen LogP contribution in [0.3, 0.4) is 0 Å². The summed E-state index contributed by atoms with van der Waals surface area (Å²) < 4.78 is 9.35. The van der Waals surface area contributed by atoms with Crippen LogP contribution < -0.4 is 0 Å². The highest BCUT2D eigenvalue weighted by atomic mass is 16.5. The average molecular weight is 372 g/mol. The number of hydrogen-bond donors (Lipinski definition) is 2. The minimum absolute atomic E-state index is 0.330. The molecule has 0 aromatic carbocycles. The van der Waals surface area contributed by atoms with Crippen LogP contribution in [0.15, 0.2) is 37.5 Å². The highest BCUT2D eigenvalue weighted by molar-refractivity contribution is 5.89. The maximum Gasteiger partial charge on any atom is 0.330 e. The van der Waals surface area contributed by atoms with Crippen LogP contribution in [0.1, 0.15) is 39.5 Å². The Balaban J connectivity index is -0.000000306. The molecule has 26 heavy (non-hydrogen) atoms. The van der Waals surface area contributed by atoms with Crippen LogP contribution in [0.4, 0.5) is 0 Å². The van der Waals surface area contributed by atoms with Crippen LogP contribution >= 0.6 is 0 Å². The summed E-state index contributed by atoms with van der Waals surface area (Å²) in [6.07, 6.45) is 7.42. The molecule has 8 heteroatoms. The molecule has 0 heterocycles. The van der Waals surface area contributed by atoms with Gasteiger partial charge in [0.1, 0.15) is 0 Å². The quantitative estimate of drug-likeness (QED) is 0.340. The SMILES string of the molecule is C=CC(=O)OCCCC.C=CC(=O)OCCCC.O=C(O)/C=C\C(=O)O. The standard InChI is InChI=1S/2C7H12O2.C4H4O4/c2*1-3-5-6-9-7(8)4-2;5-3(6)1-2-4(7)8/h2*4H,2-3,5-6H2,1H3;1-2H,(H,5,6)(H,7,8)/b;;2-1-. The zero-order valence-corrected chi connectivity index (χ0v) is 15.3. The lowest BCUT2D eigenvalue weighted by Crippen LogP contribution is -2.00. The molecule has 148 valence electrons. The Kier molecular flexibility index (Phi) is 23.7. The number of hydrogen-bond acceptors (Lipinski definition) is 6. The largest absolute Gasteiger partial charge is 0.478 e. The van der Waals surface area contributed by atoms with Crippen molar-refractivity contribution >= 4 is 23.9 Å². The van der Waals surface area contributed by atoms with Crippen LogP contribution in [-0.2, 0) is 28.7 Å². The molecule has 0 aliphatic heterocycles. The summed E-state index contributed by atoms with van der Waals surface area (Å²) in [6, 6.07) is 0. The number of carbonyl (C=O) groups excluding carboxylic acids is 2. The van der Waals surface area contributed by atoms with Gasteiger partial charge in [-0.1, -0.05) is 39.8 Å². The van der Waals surface area contributed by atoms with E-state index in [9.17, 15) is 19.2 Å². The molecule has 0 aliphatic carbocycles. The van der Waals surface area contributed by atoms with Crippen molar-refractivity contribution in [2.24, 2.45) is 0 Å². The van der Waals surface area contributed by atoms with Crippen LogP contribution in [0, 0.1) is 0 Å². The van der Waals surface area contributed by atoms with Crippen molar-refractivity contribution in [3.8, 4) is 0 Å². The normalized spacial score (nSPS) is 8.85. The Bertz CT molecular complexity index is 424. The summed E-state index contributed by atoms with van der Waals surface area (Å²) in [5.41, 5.74) is 0. The molecule has 0 aromatic heterocycles. The molecular weight excluding hydrogens is 344 g/mol. The minimum Gasteiger partial charge on any atom is -0.478 e. The maximum atomic E-state index is 10.3. The summed E-state index contributed by atoms with van der Waals surface area (Å²) in [5.74, 6) is -3.17. The lowest BCUT2D eigenvalue weighted by Gasteiger charge is -1.97. The van der Waals surface area contributed by atoms with Crippen molar-refractivity contribution in [3.63, 3.8) is 0 Å². The zero-order chi connectivity index (χ0) is 20.8. The maximum absolute atomic E-state index is 10.3. The summed E-state index contributed by atoms with van der Waals surface area (Å²) >= 11 is 0. The molecule has 0 saturated carbocycles. The van der Waals surface area contributed by atoms with Crippen LogP contribution in [0.5, 0.6) is 0 Å². The number of carboxylic acids is 2. The summed E-state index contributed by atoms with van der Waals surface area (Å²) in [7, 11) is 0. The molecule has 0 aromatic rings. The van der Waals surface area contributed by atoms with E-state index >= 15 is 0 Å². The van der Waals surface area contributed by atoms with Crippen molar-refractivity contribution in [1.82, 2.24) is 0 Å². The van der Waals surface area contributed by atoms with Crippen LogP contribution in [0.2, 0.25) is 0 Å². The topological polar surface area (TPSA) is 127 Å². The Morgan fingerprint density at radius 3 is 1.27 bits per heavy atom. The fraction of sp³-hybridized carbons (Fsp3) is 0.444. The number of ether oxygens (including phenoxy) is 2. The van der Waals surface area contributed by atoms with Crippen molar-refractivity contribution in [3.05, 3.63) is 37.5 Å². The van der Waals surface area contributed by atoms with E-state index in [1.807, 2.05) is 13.8 Å². The molecule has 8 nitrogen and oxygen atoms in total. The van der Waals surface area contributed by atoms with Gasteiger partial charge in [0, 0.05) is 24.3 Å². The molecule has 0 saturated heterocycles. The minimum atomic E-state index is -1.26. The molecule has 0 aliphatic rings. The molecule has 0 radical (unpaired) electrons. The monoisotopic (exact) mass is 372 g/mol. The number of aliphatic carboxylic acids is 2. The van der Waals surface area contributed by atoms with E-state index in [1.165, 1.54) is 12.2 Å². The van der Waals surface area contributed by atoms with Gasteiger partial charge in [-0.3, -0.25) is 0 Å². The molecular formula is C18H28O8. The molecule has 0 rings (SSSR count). The highest BCUT2D eigenvalue weighted by Crippen LogP contribution is 1.88. The lowest BCUT2D eigenvalue weighted by molar-refractivity contribution is -0.138. The second-order valence-corrected chi connectivity index (χ2v) is 4.46. The predicted octanol–water partition coefficient (Wildman–Crippen LogP) is 2.74. The molecule has 0 amide bonds. The zero-order valence-electron chi connectivity index (χ0n) is 15.3. The molecule has 0 atom stereocenters. The first-order valence-electron chi connectivity index (χ1n) is 7.97. The predicted molar refractivity (Wildman–Crippen MR) is 96.5 cm³/mol. The van der Waals surface area contributed by atoms with E-state index in [1.54, 1.807) is 0 Å². The van der Waals surface area contributed by atoms with E-state index < -0.39 is 11.9 Å². The van der Waals surface area contributed by atoms with Gasteiger partial charge in [-0.05, 0) is 12.8 Å². The van der Waals surface area contributed by atoms with Crippen LogP contribution in [-0.4, -0.2) is 47.3 Å². The Labute approximate surface area is 153 Å². The highest BCUT2D eigenvalue weighted by Gasteiger charge is 1.92. The number of unbranched alkanes of at least 4 members (excludes halogenated alkanes) is 2. The van der Waals surface area contributed by atoms with E-state index in [0.717, 1.165) is 25.7 Å². The van der Waals surface area contributed by atoms with Gasteiger partial charge in [0.25, 0.3) is 0 Å². The Hall–Kier alpha value is -2.90. The average Bonchev–Trinajstić information content (AvgIpc) is 2.61.